The molecule has 1 N–H and O–H groups in total. The van der Waals surface area contributed by atoms with E-state index in [0.717, 1.165) is 49.3 Å². The van der Waals surface area contributed by atoms with Crippen LogP contribution in [0.25, 0.3) is 0 Å². The van der Waals surface area contributed by atoms with E-state index in [1.165, 1.54) is 0 Å². The Labute approximate surface area is 222 Å². The summed E-state index contributed by atoms with van der Waals surface area (Å²) in [6, 6.07) is 19.4. The highest BCUT2D eigenvalue weighted by Gasteiger charge is 2.37. The van der Waals surface area contributed by atoms with Crippen LogP contribution in [0.4, 0.5) is 17.1 Å². The van der Waals surface area contributed by atoms with Crippen molar-refractivity contribution in [1.29, 1.82) is 0 Å². The first-order valence-corrected chi connectivity index (χ1v) is 12.9. The fourth-order valence-electron chi connectivity index (χ4n) is 4.68. The smallest absolute Gasteiger partial charge is 0.336 e. The summed E-state index contributed by atoms with van der Waals surface area (Å²) in [7, 11) is 0. The average Bonchev–Trinajstić information content (AvgIpc) is 2.90. The van der Waals surface area contributed by atoms with Crippen molar-refractivity contribution in [3.63, 3.8) is 0 Å². The molecule has 0 spiro atoms. The zero-order valence-electron chi connectivity index (χ0n) is 21.5. The van der Waals surface area contributed by atoms with E-state index in [1.807, 2.05) is 60.7 Å². The lowest BCUT2D eigenvalue weighted by molar-refractivity contribution is -0.393. The SMILES string of the molecule is CCCCCCCCc1c(C(=O)O)cc([N+](=O)[O-])c(N(Cc2ccccc2)Cc2ccccc2)c1[N+](=O)[O-]. The van der Waals surface area contributed by atoms with Crippen LogP contribution in [0.2, 0.25) is 0 Å². The molecule has 0 unspecified atom stereocenters. The number of aromatic carboxylic acids is 1. The number of carbonyl (C=O) groups is 1. The molecule has 0 fully saturated rings. The summed E-state index contributed by atoms with van der Waals surface area (Å²) in [6.07, 6.45) is 5.66. The number of carboxylic acids is 1. The molecule has 3 aromatic carbocycles. The minimum Gasteiger partial charge on any atom is -0.478 e. The van der Waals surface area contributed by atoms with Crippen molar-refractivity contribution in [3.05, 3.63) is 109 Å². The van der Waals surface area contributed by atoms with Gasteiger partial charge in [-0.25, -0.2) is 4.79 Å². The summed E-state index contributed by atoms with van der Waals surface area (Å²) < 4.78 is 0. The third kappa shape index (κ3) is 7.38. The molecule has 0 radical (unpaired) electrons. The van der Waals surface area contributed by atoms with E-state index in [-0.39, 0.29) is 36.3 Å². The first kappa shape index (κ1) is 28.3. The van der Waals surface area contributed by atoms with Gasteiger partial charge in [-0.15, -0.1) is 0 Å². The minimum absolute atomic E-state index is 0.0321. The van der Waals surface area contributed by atoms with E-state index >= 15 is 0 Å². The van der Waals surface area contributed by atoms with Crippen molar-refractivity contribution in [2.24, 2.45) is 0 Å². The molecule has 0 saturated carbocycles. The Morgan fingerprint density at radius 2 is 1.34 bits per heavy atom. The predicted octanol–water partition coefficient (Wildman–Crippen LogP) is 7.31. The zero-order chi connectivity index (χ0) is 27.5. The van der Waals surface area contributed by atoms with Gasteiger partial charge in [0.15, 0.2) is 5.69 Å². The molecule has 200 valence electrons. The molecule has 0 saturated heterocycles. The van der Waals surface area contributed by atoms with Gasteiger partial charge >= 0.3 is 17.3 Å². The summed E-state index contributed by atoms with van der Waals surface area (Å²) in [4.78, 5) is 37.1. The Morgan fingerprint density at radius 3 is 1.82 bits per heavy atom. The molecule has 0 aliphatic heterocycles. The van der Waals surface area contributed by atoms with Gasteiger partial charge in [0, 0.05) is 24.7 Å². The molecule has 0 aromatic heterocycles. The largest absolute Gasteiger partial charge is 0.478 e. The van der Waals surface area contributed by atoms with E-state index < -0.39 is 27.2 Å². The number of nitro groups is 2. The summed E-state index contributed by atoms with van der Waals surface area (Å²) in [5.41, 5.74) is 0.00628. The van der Waals surface area contributed by atoms with Gasteiger partial charge in [-0.3, -0.25) is 20.2 Å². The van der Waals surface area contributed by atoms with E-state index in [0.29, 0.717) is 6.42 Å². The highest BCUT2D eigenvalue weighted by Crippen LogP contribution is 2.44. The maximum absolute atomic E-state index is 12.5. The maximum Gasteiger partial charge on any atom is 0.336 e. The van der Waals surface area contributed by atoms with E-state index in [9.17, 15) is 30.1 Å². The number of nitrogens with zero attached hydrogens (tertiary/aromatic N) is 3. The molecule has 0 aliphatic carbocycles. The van der Waals surface area contributed by atoms with Crippen LogP contribution < -0.4 is 4.90 Å². The molecule has 0 amide bonds. The number of benzene rings is 3. The van der Waals surface area contributed by atoms with Crippen LogP contribution in [0.15, 0.2) is 66.7 Å². The zero-order valence-corrected chi connectivity index (χ0v) is 21.5. The first-order valence-electron chi connectivity index (χ1n) is 12.9. The number of hydrogen-bond acceptors (Lipinski definition) is 6. The van der Waals surface area contributed by atoms with Crippen LogP contribution >= 0.6 is 0 Å². The lowest BCUT2D eigenvalue weighted by Crippen LogP contribution is -2.25. The Balaban J connectivity index is 2.17. The molecular weight excluding hydrogens is 486 g/mol. The van der Waals surface area contributed by atoms with Crippen LogP contribution in [0.3, 0.4) is 0 Å². The molecule has 0 bridgehead atoms. The third-order valence-corrected chi connectivity index (χ3v) is 6.50. The Morgan fingerprint density at radius 1 is 0.816 bits per heavy atom. The molecule has 3 rings (SSSR count). The maximum atomic E-state index is 12.5. The van der Waals surface area contributed by atoms with Gasteiger partial charge in [0.1, 0.15) is 0 Å². The number of hydrogen-bond donors (Lipinski definition) is 1. The molecular formula is C29H33N3O6. The van der Waals surface area contributed by atoms with Crippen LogP contribution in [0.5, 0.6) is 0 Å². The minimum atomic E-state index is -1.42. The van der Waals surface area contributed by atoms with Crippen molar-refractivity contribution in [1.82, 2.24) is 0 Å². The molecule has 0 heterocycles. The number of anilines is 1. The van der Waals surface area contributed by atoms with Crippen molar-refractivity contribution in [2.45, 2.75) is 65.0 Å². The molecule has 9 heteroatoms. The second-order valence-electron chi connectivity index (χ2n) is 9.28. The highest BCUT2D eigenvalue weighted by molar-refractivity contribution is 5.95. The van der Waals surface area contributed by atoms with E-state index in [4.69, 9.17) is 0 Å². The van der Waals surface area contributed by atoms with Crippen LogP contribution in [-0.2, 0) is 19.5 Å². The van der Waals surface area contributed by atoms with Crippen molar-refractivity contribution < 1.29 is 19.7 Å². The Kier molecular flexibility index (Phi) is 10.3. The predicted molar refractivity (Wildman–Crippen MR) is 147 cm³/mol. The van der Waals surface area contributed by atoms with Gasteiger partial charge in [-0.1, -0.05) is 99.7 Å². The molecule has 9 nitrogen and oxygen atoms in total. The van der Waals surface area contributed by atoms with Crippen molar-refractivity contribution in [3.8, 4) is 0 Å². The second kappa shape index (κ2) is 13.9. The van der Waals surface area contributed by atoms with Gasteiger partial charge in [-0.05, 0) is 24.0 Å². The monoisotopic (exact) mass is 519 g/mol. The normalized spacial score (nSPS) is 10.8. The van der Waals surface area contributed by atoms with Crippen molar-refractivity contribution in [2.75, 3.05) is 4.90 Å². The van der Waals surface area contributed by atoms with Gasteiger partial charge in [0.25, 0.3) is 0 Å². The summed E-state index contributed by atoms with van der Waals surface area (Å²) in [6.45, 7) is 2.44. The standard InChI is InChI=1S/C29H33N3O6/c1-2-3-4-5-6-13-18-24-25(29(33)34)19-26(31(35)36)28(27(24)32(37)38)30(20-22-14-9-7-10-15-22)21-23-16-11-8-12-17-23/h7-12,14-17,19H,2-6,13,18,20-21H2,1H3,(H,33,34). The van der Waals surface area contributed by atoms with Gasteiger partial charge in [0.05, 0.1) is 15.4 Å². The lowest BCUT2D eigenvalue weighted by Gasteiger charge is -2.26. The van der Waals surface area contributed by atoms with E-state index in [2.05, 4.69) is 6.92 Å². The van der Waals surface area contributed by atoms with Crippen LogP contribution in [0.1, 0.15) is 72.5 Å². The Hall–Kier alpha value is -4.27. The third-order valence-electron chi connectivity index (χ3n) is 6.50. The summed E-state index contributed by atoms with van der Waals surface area (Å²) in [5.74, 6) is -1.42. The highest BCUT2D eigenvalue weighted by atomic mass is 16.6. The molecule has 3 aromatic rings. The van der Waals surface area contributed by atoms with Gasteiger partial charge < -0.3 is 10.0 Å². The van der Waals surface area contributed by atoms with E-state index in [1.54, 1.807) is 4.90 Å². The number of carboxylic acid groups (broad SMARTS) is 1. The van der Waals surface area contributed by atoms with Gasteiger partial charge in [0.2, 0.25) is 0 Å². The fourth-order valence-corrected chi connectivity index (χ4v) is 4.68. The van der Waals surface area contributed by atoms with Crippen molar-refractivity contribution >= 4 is 23.0 Å². The van der Waals surface area contributed by atoms with Crippen LogP contribution in [-0.4, -0.2) is 20.9 Å². The fraction of sp³-hybridized carbons (Fsp3) is 0.345. The van der Waals surface area contributed by atoms with Gasteiger partial charge in [-0.2, -0.15) is 0 Å². The molecule has 0 atom stereocenters. The topological polar surface area (TPSA) is 127 Å². The summed E-state index contributed by atoms with van der Waals surface area (Å²) in [5, 5.41) is 34.6. The second-order valence-corrected chi connectivity index (χ2v) is 9.28. The number of unbranched alkanes of at least 4 members (excludes halogenated alkanes) is 5. The Bertz CT molecular complexity index is 1210. The molecule has 0 aliphatic rings. The molecule has 38 heavy (non-hydrogen) atoms. The number of rotatable bonds is 15. The summed E-state index contributed by atoms with van der Waals surface area (Å²) >= 11 is 0. The van der Waals surface area contributed by atoms with Crippen LogP contribution in [0, 0.1) is 20.2 Å². The first-order chi connectivity index (χ1) is 18.3. The average molecular weight is 520 g/mol. The lowest BCUT2D eigenvalue weighted by atomic mass is 9.95. The quantitative estimate of drug-likeness (QED) is 0.127. The number of nitro benzene ring substituents is 2.